The molecule has 3 nitrogen and oxygen atoms in total. The highest BCUT2D eigenvalue weighted by Gasteiger charge is 2.24. The molecule has 1 saturated carbocycles. The van der Waals surface area contributed by atoms with E-state index in [1.54, 1.807) is 0 Å². The summed E-state index contributed by atoms with van der Waals surface area (Å²) < 4.78 is 0. The zero-order chi connectivity index (χ0) is 15.4. The van der Waals surface area contributed by atoms with Gasteiger partial charge in [0.25, 0.3) is 0 Å². The van der Waals surface area contributed by atoms with Gasteiger partial charge in [0.1, 0.15) is 0 Å². The van der Waals surface area contributed by atoms with Crippen molar-refractivity contribution < 1.29 is 4.79 Å². The highest BCUT2D eigenvalue weighted by molar-refractivity contribution is 6.30. The molecule has 0 unspecified atom stereocenters. The topological polar surface area (TPSA) is 42.0 Å². The van der Waals surface area contributed by atoms with Gasteiger partial charge < -0.3 is 5.32 Å². The van der Waals surface area contributed by atoms with E-state index < -0.39 is 0 Å². The number of pyridine rings is 1. The Kier molecular flexibility index (Phi) is 4.74. The van der Waals surface area contributed by atoms with Crippen molar-refractivity contribution in [2.45, 2.75) is 38.1 Å². The van der Waals surface area contributed by atoms with Gasteiger partial charge in [0, 0.05) is 35.8 Å². The van der Waals surface area contributed by atoms with E-state index in [2.05, 4.69) is 22.4 Å². The standard InChI is InChI=1S/C18H19ClN2O/c19-16-3-1-2-13(10-16)5-9-18(22)21-12-14-4-8-17(20-11-14)15-6-7-15/h1-4,8,10-11,15H,5-7,9,12H2,(H,21,22). The van der Waals surface area contributed by atoms with E-state index in [1.807, 2.05) is 30.5 Å². The Morgan fingerprint density at radius 3 is 2.77 bits per heavy atom. The Morgan fingerprint density at radius 2 is 2.09 bits per heavy atom. The van der Waals surface area contributed by atoms with Gasteiger partial charge in [-0.25, -0.2) is 0 Å². The molecular formula is C18H19ClN2O. The molecule has 2 aromatic rings. The molecule has 0 spiro atoms. The first-order valence-corrected chi connectivity index (χ1v) is 8.04. The summed E-state index contributed by atoms with van der Waals surface area (Å²) in [4.78, 5) is 16.4. The number of benzene rings is 1. The monoisotopic (exact) mass is 314 g/mol. The van der Waals surface area contributed by atoms with Crippen LogP contribution in [0.3, 0.4) is 0 Å². The van der Waals surface area contributed by atoms with Crippen LogP contribution in [0.1, 0.15) is 42.0 Å². The van der Waals surface area contributed by atoms with Crippen LogP contribution in [0, 0.1) is 0 Å². The number of hydrogen-bond donors (Lipinski definition) is 1. The normalized spacial score (nSPS) is 13.9. The number of rotatable bonds is 6. The number of hydrogen-bond acceptors (Lipinski definition) is 2. The third-order valence-corrected chi connectivity index (χ3v) is 4.10. The minimum Gasteiger partial charge on any atom is -0.352 e. The lowest BCUT2D eigenvalue weighted by Gasteiger charge is -2.06. The number of amides is 1. The van der Waals surface area contributed by atoms with Crippen molar-refractivity contribution in [1.29, 1.82) is 0 Å². The van der Waals surface area contributed by atoms with E-state index in [0.717, 1.165) is 11.1 Å². The van der Waals surface area contributed by atoms with Gasteiger partial charge in [-0.05, 0) is 48.6 Å². The fourth-order valence-corrected chi connectivity index (χ4v) is 2.61. The van der Waals surface area contributed by atoms with Crippen molar-refractivity contribution in [2.75, 3.05) is 0 Å². The number of nitrogens with zero attached hydrogens (tertiary/aromatic N) is 1. The Labute approximate surface area is 135 Å². The highest BCUT2D eigenvalue weighted by Crippen LogP contribution is 2.38. The van der Waals surface area contributed by atoms with Crippen molar-refractivity contribution in [1.82, 2.24) is 10.3 Å². The molecule has 4 heteroatoms. The second-order valence-corrected chi connectivity index (χ2v) is 6.21. The van der Waals surface area contributed by atoms with Crippen LogP contribution < -0.4 is 5.32 Å². The third-order valence-electron chi connectivity index (χ3n) is 3.86. The second-order valence-electron chi connectivity index (χ2n) is 5.77. The van der Waals surface area contributed by atoms with E-state index in [1.165, 1.54) is 18.5 Å². The average molecular weight is 315 g/mol. The van der Waals surface area contributed by atoms with Crippen molar-refractivity contribution in [3.05, 3.63) is 64.4 Å². The van der Waals surface area contributed by atoms with Crippen LogP contribution in [0.15, 0.2) is 42.6 Å². The quantitative estimate of drug-likeness (QED) is 0.879. The smallest absolute Gasteiger partial charge is 0.220 e. The average Bonchev–Trinajstić information content (AvgIpc) is 3.36. The van der Waals surface area contributed by atoms with Gasteiger partial charge in [-0.15, -0.1) is 0 Å². The van der Waals surface area contributed by atoms with Gasteiger partial charge in [0.15, 0.2) is 0 Å². The molecule has 0 bridgehead atoms. The predicted octanol–water partition coefficient (Wildman–Crippen LogP) is 3.86. The van der Waals surface area contributed by atoms with Crippen LogP contribution in [0.25, 0.3) is 0 Å². The lowest BCUT2D eigenvalue weighted by molar-refractivity contribution is -0.121. The van der Waals surface area contributed by atoms with Crippen molar-refractivity contribution in [2.24, 2.45) is 0 Å². The number of aromatic nitrogens is 1. The number of carbonyl (C=O) groups excluding carboxylic acids is 1. The Bertz CT molecular complexity index is 650. The fourth-order valence-electron chi connectivity index (χ4n) is 2.40. The largest absolute Gasteiger partial charge is 0.352 e. The van der Waals surface area contributed by atoms with Crippen LogP contribution in [0.5, 0.6) is 0 Å². The maximum atomic E-state index is 11.9. The molecule has 1 aromatic heterocycles. The molecule has 1 fully saturated rings. The van der Waals surface area contributed by atoms with Gasteiger partial charge in [0.2, 0.25) is 5.91 Å². The van der Waals surface area contributed by atoms with E-state index in [0.29, 0.717) is 30.3 Å². The molecule has 1 N–H and O–H groups in total. The minimum absolute atomic E-state index is 0.0474. The fraction of sp³-hybridized carbons (Fsp3) is 0.333. The Hall–Kier alpha value is -1.87. The van der Waals surface area contributed by atoms with Gasteiger partial charge in [0.05, 0.1) is 0 Å². The first-order valence-electron chi connectivity index (χ1n) is 7.67. The molecular weight excluding hydrogens is 296 g/mol. The molecule has 0 atom stereocenters. The zero-order valence-corrected chi connectivity index (χ0v) is 13.1. The molecule has 0 radical (unpaired) electrons. The first-order chi connectivity index (χ1) is 10.7. The van der Waals surface area contributed by atoms with Crippen LogP contribution >= 0.6 is 11.6 Å². The second kappa shape index (κ2) is 6.93. The third kappa shape index (κ3) is 4.31. The summed E-state index contributed by atoms with van der Waals surface area (Å²) in [6.45, 7) is 0.534. The molecule has 22 heavy (non-hydrogen) atoms. The van der Waals surface area contributed by atoms with Gasteiger partial charge >= 0.3 is 0 Å². The van der Waals surface area contributed by atoms with E-state index in [9.17, 15) is 4.79 Å². The summed E-state index contributed by atoms with van der Waals surface area (Å²) in [7, 11) is 0. The van der Waals surface area contributed by atoms with Crippen LogP contribution in [-0.4, -0.2) is 10.9 Å². The number of aryl methyl sites for hydroxylation is 1. The summed E-state index contributed by atoms with van der Waals surface area (Å²) in [5, 5.41) is 3.64. The Morgan fingerprint density at radius 1 is 1.23 bits per heavy atom. The van der Waals surface area contributed by atoms with Gasteiger partial charge in [-0.3, -0.25) is 9.78 Å². The van der Waals surface area contributed by atoms with E-state index in [4.69, 9.17) is 11.6 Å². The maximum absolute atomic E-state index is 11.9. The minimum atomic E-state index is 0.0474. The molecule has 0 aliphatic heterocycles. The number of carbonyl (C=O) groups is 1. The summed E-state index contributed by atoms with van der Waals surface area (Å²) in [5.41, 5.74) is 3.30. The number of nitrogens with one attached hydrogen (secondary N) is 1. The molecule has 114 valence electrons. The molecule has 1 aliphatic carbocycles. The van der Waals surface area contributed by atoms with Crippen molar-refractivity contribution in [3.8, 4) is 0 Å². The lowest BCUT2D eigenvalue weighted by atomic mass is 10.1. The Balaban J connectivity index is 1.43. The van der Waals surface area contributed by atoms with Gasteiger partial charge in [-0.2, -0.15) is 0 Å². The van der Waals surface area contributed by atoms with E-state index in [-0.39, 0.29) is 5.91 Å². The van der Waals surface area contributed by atoms with Crippen LogP contribution in [0.4, 0.5) is 0 Å². The van der Waals surface area contributed by atoms with Crippen LogP contribution in [-0.2, 0) is 17.8 Å². The zero-order valence-electron chi connectivity index (χ0n) is 12.4. The predicted molar refractivity (Wildman–Crippen MR) is 87.8 cm³/mol. The van der Waals surface area contributed by atoms with Crippen molar-refractivity contribution in [3.63, 3.8) is 0 Å². The summed E-state index contributed by atoms with van der Waals surface area (Å²) >= 11 is 5.93. The number of halogens is 1. The molecule has 1 aliphatic rings. The lowest BCUT2D eigenvalue weighted by Crippen LogP contribution is -2.23. The highest BCUT2D eigenvalue weighted by atomic mass is 35.5. The SMILES string of the molecule is O=C(CCc1cccc(Cl)c1)NCc1ccc(C2CC2)nc1. The molecule has 1 amide bonds. The molecule has 1 aromatic carbocycles. The molecule has 0 saturated heterocycles. The van der Waals surface area contributed by atoms with Crippen molar-refractivity contribution >= 4 is 17.5 Å². The van der Waals surface area contributed by atoms with Crippen LogP contribution in [0.2, 0.25) is 5.02 Å². The summed E-state index contributed by atoms with van der Waals surface area (Å²) in [5.74, 6) is 0.715. The summed E-state index contributed by atoms with van der Waals surface area (Å²) in [6.07, 6.45) is 5.54. The van der Waals surface area contributed by atoms with E-state index >= 15 is 0 Å². The van der Waals surface area contributed by atoms with Gasteiger partial charge in [-0.1, -0.05) is 29.8 Å². The molecule has 3 rings (SSSR count). The maximum Gasteiger partial charge on any atom is 0.220 e. The first kappa shape index (κ1) is 15.0. The molecule has 1 heterocycles. The summed E-state index contributed by atoms with van der Waals surface area (Å²) in [6, 6.07) is 11.8.